The zero-order chi connectivity index (χ0) is 15.6. The summed E-state index contributed by atoms with van der Waals surface area (Å²) >= 11 is 0. The molecule has 1 aliphatic carbocycles. The molecule has 3 nitrogen and oxygen atoms in total. The van der Waals surface area contributed by atoms with Gasteiger partial charge in [0.05, 0.1) is 20.7 Å². The van der Waals surface area contributed by atoms with Crippen LogP contribution in [0.15, 0.2) is 48.5 Å². The average molecular weight is 297 g/mol. The normalized spacial score (nSPS) is 15.0. The SMILES string of the molecule is C[N+](C)([O-])CCOC1c2ccccc2CCc2ccccc21. The first-order valence-corrected chi connectivity index (χ1v) is 7.86. The molecule has 3 heteroatoms. The quantitative estimate of drug-likeness (QED) is 0.639. The fraction of sp³-hybridized carbons (Fsp3) is 0.368. The number of quaternary nitrogens is 1. The highest BCUT2D eigenvalue weighted by Gasteiger charge is 2.24. The summed E-state index contributed by atoms with van der Waals surface area (Å²) in [7, 11) is 3.30. The van der Waals surface area contributed by atoms with Gasteiger partial charge >= 0.3 is 0 Å². The predicted octanol–water partition coefficient (Wildman–Crippen LogP) is 3.47. The highest BCUT2D eigenvalue weighted by molar-refractivity contribution is 5.43. The van der Waals surface area contributed by atoms with Gasteiger partial charge in [0.15, 0.2) is 0 Å². The van der Waals surface area contributed by atoms with E-state index in [1.165, 1.54) is 22.3 Å². The van der Waals surface area contributed by atoms with E-state index in [9.17, 15) is 5.21 Å². The van der Waals surface area contributed by atoms with E-state index in [1.807, 2.05) is 0 Å². The largest absolute Gasteiger partial charge is 0.633 e. The maximum Gasteiger partial charge on any atom is 0.108 e. The van der Waals surface area contributed by atoms with Crippen molar-refractivity contribution in [3.8, 4) is 0 Å². The molecule has 0 aromatic heterocycles. The van der Waals surface area contributed by atoms with Crippen molar-refractivity contribution in [1.82, 2.24) is 0 Å². The number of fused-ring (bicyclic) bond motifs is 2. The Kier molecular flexibility index (Phi) is 4.30. The minimum Gasteiger partial charge on any atom is -0.633 e. The molecule has 0 saturated heterocycles. The van der Waals surface area contributed by atoms with Crippen LogP contribution in [0.3, 0.4) is 0 Å². The smallest absolute Gasteiger partial charge is 0.108 e. The molecule has 0 bridgehead atoms. The summed E-state index contributed by atoms with van der Waals surface area (Å²) < 4.78 is 5.85. The van der Waals surface area contributed by atoms with Crippen LogP contribution in [0, 0.1) is 5.21 Å². The highest BCUT2D eigenvalue weighted by atomic mass is 16.5. The number of benzene rings is 2. The Morgan fingerprint density at radius 3 is 1.95 bits per heavy atom. The first-order chi connectivity index (χ1) is 10.5. The van der Waals surface area contributed by atoms with Crippen LogP contribution in [0.25, 0.3) is 0 Å². The molecular weight excluding hydrogens is 274 g/mol. The van der Waals surface area contributed by atoms with Crippen molar-refractivity contribution in [2.45, 2.75) is 18.9 Å². The summed E-state index contributed by atoms with van der Waals surface area (Å²) in [5, 5.41) is 11.8. The molecule has 0 amide bonds. The van der Waals surface area contributed by atoms with Gasteiger partial charge in [-0.15, -0.1) is 0 Å². The van der Waals surface area contributed by atoms with Gasteiger partial charge in [0.25, 0.3) is 0 Å². The lowest BCUT2D eigenvalue weighted by molar-refractivity contribution is -0.840. The molecule has 1 aliphatic rings. The monoisotopic (exact) mass is 297 g/mol. The van der Waals surface area contributed by atoms with Gasteiger partial charge in [-0.2, -0.15) is 0 Å². The molecule has 0 N–H and O–H groups in total. The number of rotatable bonds is 4. The average Bonchev–Trinajstić information content (AvgIpc) is 2.64. The Balaban J connectivity index is 1.92. The number of hydrogen-bond donors (Lipinski definition) is 0. The summed E-state index contributed by atoms with van der Waals surface area (Å²) in [5.74, 6) is 0. The first-order valence-electron chi connectivity index (χ1n) is 7.86. The van der Waals surface area contributed by atoms with Crippen molar-refractivity contribution in [3.63, 3.8) is 0 Å². The minimum absolute atomic E-state index is 0.0681. The Morgan fingerprint density at radius 2 is 1.45 bits per heavy atom. The Hall–Kier alpha value is -1.68. The third kappa shape index (κ3) is 3.38. The fourth-order valence-electron chi connectivity index (χ4n) is 3.04. The van der Waals surface area contributed by atoms with Gasteiger partial charge in [-0.25, -0.2) is 0 Å². The van der Waals surface area contributed by atoms with Crippen LogP contribution < -0.4 is 0 Å². The second-order valence-electron chi connectivity index (χ2n) is 6.45. The molecular formula is C19H23NO2. The number of likely N-dealkylation sites (N-methyl/N-ethyl adjacent to an activating group) is 1. The van der Waals surface area contributed by atoms with Crippen LogP contribution >= 0.6 is 0 Å². The summed E-state index contributed by atoms with van der Waals surface area (Å²) in [4.78, 5) is 0. The van der Waals surface area contributed by atoms with Crippen LogP contribution in [0.5, 0.6) is 0 Å². The summed E-state index contributed by atoms with van der Waals surface area (Å²) in [6, 6.07) is 17.0. The van der Waals surface area contributed by atoms with Crippen molar-refractivity contribution >= 4 is 0 Å². The predicted molar refractivity (Wildman–Crippen MR) is 88.4 cm³/mol. The minimum atomic E-state index is -0.323. The standard InChI is InChI=1S/C19H23NO2/c1-20(2,21)13-14-22-19-17-9-5-3-7-15(17)11-12-16-8-4-6-10-18(16)19/h3-10,19H,11-14H2,1-2H3. The van der Waals surface area contributed by atoms with Crippen LogP contribution in [-0.2, 0) is 17.6 Å². The number of ether oxygens (including phenoxy) is 1. The second kappa shape index (κ2) is 6.21. The number of nitrogens with zero attached hydrogens (tertiary/aromatic N) is 1. The van der Waals surface area contributed by atoms with Crippen molar-refractivity contribution in [1.29, 1.82) is 0 Å². The fourth-order valence-corrected chi connectivity index (χ4v) is 3.04. The molecule has 0 spiro atoms. The van der Waals surface area contributed by atoms with Gasteiger partial charge in [0.2, 0.25) is 0 Å². The van der Waals surface area contributed by atoms with E-state index in [0.29, 0.717) is 13.2 Å². The van der Waals surface area contributed by atoms with E-state index in [1.54, 1.807) is 14.1 Å². The van der Waals surface area contributed by atoms with E-state index in [-0.39, 0.29) is 10.8 Å². The maximum atomic E-state index is 11.8. The Labute approximate surface area is 132 Å². The lowest BCUT2D eigenvalue weighted by Gasteiger charge is -2.34. The van der Waals surface area contributed by atoms with Gasteiger partial charge in [0, 0.05) is 0 Å². The van der Waals surface area contributed by atoms with Gasteiger partial charge in [-0.1, -0.05) is 48.5 Å². The highest BCUT2D eigenvalue weighted by Crippen LogP contribution is 2.34. The number of hydrogen-bond acceptors (Lipinski definition) is 2. The first kappa shape index (κ1) is 15.2. The molecule has 0 fully saturated rings. The lowest BCUT2D eigenvalue weighted by Crippen LogP contribution is -2.36. The van der Waals surface area contributed by atoms with Gasteiger partial charge in [-0.3, -0.25) is 0 Å². The van der Waals surface area contributed by atoms with Crippen LogP contribution in [0.4, 0.5) is 0 Å². The lowest BCUT2D eigenvalue weighted by atomic mass is 9.97. The molecule has 0 unspecified atom stereocenters. The zero-order valence-corrected chi connectivity index (χ0v) is 13.3. The molecule has 0 heterocycles. The van der Waals surface area contributed by atoms with Crippen LogP contribution in [0.2, 0.25) is 0 Å². The number of hydroxylamine groups is 3. The molecule has 0 saturated carbocycles. The third-order valence-corrected chi connectivity index (χ3v) is 4.25. The van der Waals surface area contributed by atoms with Crippen LogP contribution in [-0.4, -0.2) is 31.9 Å². The van der Waals surface area contributed by atoms with Crippen LogP contribution in [0.1, 0.15) is 28.4 Å². The van der Waals surface area contributed by atoms with Crippen molar-refractivity contribution in [2.75, 3.05) is 27.2 Å². The molecule has 0 atom stereocenters. The van der Waals surface area contributed by atoms with E-state index in [4.69, 9.17) is 4.74 Å². The van der Waals surface area contributed by atoms with Gasteiger partial charge in [0.1, 0.15) is 12.6 Å². The Morgan fingerprint density at radius 1 is 0.955 bits per heavy atom. The topological polar surface area (TPSA) is 32.3 Å². The van der Waals surface area contributed by atoms with Crippen molar-refractivity contribution < 1.29 is 9.38 Å². The molecule has 2 aromatic rings. The number of aryl methyl sites for hydroxylation is 2. The second-order valence-corrected chi connectivity index (χ2v) is 6.45. The zero-order valence-electron chi connectivity index (χ0n) is 13.3. The molecule has 0 radical (unpaired) electrons. The summed E-state index contributed by atoms with van der Waals surface area (Å²) in [6.07, 6.45) is 2.01. The molecule has 22 heavy (non-hydrogen) atoms. The summed E-state index contributed by atoms with van der Waals surface area (Å²) in [5.41, 5.74) is 5.17. The Bertz CT molecular complexity index is 598. The van der Waals surface area contributed by atoms with Gasteiger partial charge in [-0.05, 0) is 35.1 Å². The molecule has 116 valence electrons. The van der Waals surface area contributed by atoms with Crippen molar-refractivity contribution in [2.24, 2.45) is 0 Å². The van der Waals surface area contributed by atoms with E-state index in [0.717, 1.165) is 12.8 Å². The van der Waals surface area contributed by atoms with Crippen molar-refractivity contribution in [3.05, 3.63) is 76.0 Å². The van der Waals surface area contributed by atoms with Gasteiger partial charge < -0.3 is 14.6 Å². The van der Waals surface area contributed by atoms with E-state index >= 15 is 0 Å². The third-order valence-electron chi connectivity index (χ3n) is 4.25. The molecule has 2 aromatic carbocycles. The maximum absolute atomic E-state index is 11.8. The van der Waals surface area contributed by atoms with E-state index < -0.39 is 0 Å². The van der Waals surface area contributed by atoms with E-state index in [2.05, 4.69) is 48.5 Å². The molecule has 3 rings (SSSR count). The summed E-state index contributed by atoms with van der Waals surface area (Å²) in [6.45, 7) is 0.921. The molecule has 0 aliphatic heterocycles.